The number of hydrogen-bond acceptors (Lipinski definition) is 13. The number of amides is 1. The summed E-state index contributed by atoms with van der Waals surface area (Å²) in [6.07, 6.45) is 8.93. The predicted molar refractivity (Wildman–Crippen MR) is 268 cm³/mol. The first kappa shape index (κ1) is 48.6. The zero-order valence-electron chi connectivity index (χ0n) is 41.0. The van der Waals surface area contributed by atoms with Crippen molar-refractivity contribution in [2.45, 2.75) is 133 Å². The highest BCUT2D eigenvalue weighted by atomic mass is 32.2. The number of aromatic amines is 1. The van der Waals surface area contributed by atoms with E-state index in [1.807, 2.05) is 0 Å². The van der Waals surface area contributed by atoms with Crippen molar-refractivity contribution < 1.29 is 41.8 Å². The first-order valence-corrected chi connectivity index (χ1v) is 26.6. The Morgan fingerprint density at radius 2 is 1.75 bits per heavy atom. The average molecular weight is 994 g/mol. The van der Waals surface area contributed by atoms with Gasteiger partial charge in [-0.1, -0.05) is 44.5 Å². The van der Waals surface area contributed by atoms with Gasteiger partial charge in [-0.3, -0.25) is 19.8 Å². The fourth-order valence-electron chi connectivity index (χ4n) is 11.9. The number of hydrogen-bond donors (Lipinski definition) is 4. The summed E-state index contributed by atoms with van der Waals surface area (Å²) >= 11 is 0. The minimum absolute atomic E-state index is 0.000909. The lowest BCUT2D eigenvalue weighted by Crippen LogP contribution is -2.63. The maximum absolute atomic E-state index is 15.0. The summed E-state index contributed by atoms with van der Waals surface area (Å²) in [5, 5.41) is 26.3. The molecule has 1 amide bonds. The van der Waals surface area contributed by atoms with E-state index in [0.29, 0.717) is 43.6 Å². The van der Waals surface area contributed by atoms with Gasteiger partial charge in [-0.15, -0.1) is 0 Å². The Bertz CT molecular complexity index is 2950. The summed E-state index contributed by atoms with van der Waals surface area (Å²) in [6, 6.07) is 17.6. The van der Waals surface area contributed by atoms with Crippen LogP contribution in [0.25, 0.3) is 11.0 Å². The Hall–Kier alpha value is -5.98. The van der Waals surface area contributed by atoms with Gasteiger partial charge in [-0.05, 0) is 119 Å². The maximum Gasteiger partial charge on any atom is 0.297 e. The summed E-state index contributed by atoms with van der Waals surface area (Å²) in [5.74, 6) is -0.609. The molecule has 3 atom stereocenters. The van der Waals surface area contributed by atoms with Crippen molar-refractivity contribution in [3.63, 3.8) is 0 Å². The summed E-state index contributed by atoms with van der Waals surface area (Å²) in [6.45, 7) is 13.7. The number of piperidine rings is 1. The molecule has 5 aromatic rings. The summed E-state index contributed by atoms with van der Waals surface area (Å²) in [7, 11) is -4.76. The summed E-state index contributed by atoms with van der Waals surface area (Å²) in [5.41, 5.74) is 2.70. The van der Waals surface area contributed by atoms with Crippen LogP contribution in [-0.4, -0.2) is 95.8 Å². The summed E-state index contributed by atoms with van der Waals surface area (Å²) in [4.78, 5) is 37.8. The molecular weight excluding hydrogens is 930 g/mol. The number of aromatic nitrogens is 2. The number of pyridine rings is 1. The number of H-pyrrole nitrogens is 1. The monoisotopic (exact) mass is 993 g/mol. The molecule has 4 N–H and O–H groups in total. The van der Waals surface area contributed by atoms with Crippen molar-refractivity contribution in [3.05, 3.63) is 99.5 Å². The Labute approximate surface area is 413 Å². The fourth-order valence-corrected chi connectivity index (χ4v) is 12.9. The number of nitro groups is 1. The molecule has 3 aromatic carbocycles. The van der Waals surface area contributed by atoms with Crippen molar-refractivity contribution in [1.29, 1.82) is 0 Å². The molecule has 5 heterocycles. The third kappa shape index (κ3) is 9.74. The molecule has 2 aromatic heterocycles. The van der Waals surface area contributed by atoms with E-state index in [1.54, 1.807) is 32.9 Å². The van der Waals surface area contributed by atoms with E-state index in [9.17, 15) is 28.4 Å². The molecule has 0 radical (unpaired) electrons. The van der Waals surface area contributed by atoms with Gasteiger partial charge in [0.25, 0.3) is 27.5 Å². The van der Waals surface area contributed by atoms with Crippen LogP contribution in [0.5, 0.6) is 23.1 Å². The number of likely N-dealkylation sites (tertiary alicyclic amines) is 1. The second-order valence-corrected chi connectivity index (χ2v) is 23.1. The number of aliphatic hydroxyl groups is 1. The minimum atomic E-state index is -4.76. The van der Waals surface area contributed by atoms with Gasteiger partial charge in [0.2, 0.25) is 0 Å². The highest BCUT2D eigenvalue weighted by molar-refractivity contribution is 7.90. The normalized spacial score (nSPS) is 24.3. The molecule has 71 heavy (non-hydrogen) atoms. The topological polar surface area (TPSA) is 201 Å². The third-order valence-electron chi connectivity index (χ3n) is 15.8. The molecule has 2 saturated heterocycles. The second-order valence-electron chi connectivity index (χ2n) is 21.5. The van der Waals surface area contributed by atoms with Gasteiger partial charge in [0, 0.05) is 68.4 Å². The SMILES string of the molecule is CC(C)Oc1nc2[nH]cc(F)c2cc1Oc1cc(N2CCC3(CC2)CN([C@H]2CCC[C@H]2c2ccccc2C(C)C)C3)ccc1C(=O)NS(=O)(=O)c1cc2c(c([N+](=O)[O-])c1)N[C@@H](C1CCC(C)(O)CC1)CO2. The van der Waals surface area contributed by atoms with E-state index in [-0.39, 0.29) is 75.5 Å². The van der Waals surface area contributed by atoms with Gasteiger partial charge in [0.05, 0.1) is 38.5 Å². The number of nitrogens with zero attached hydrogens (tertiary/aromatic N) is 4. The molecule has 5 aliphatic rings. The third-order valence-corrected chi connectivity index (χ3v) is 17.1. The summed E-state index contributed by atoms with van der Waals surface area (Å²) < 4.78 is 63.8. The van der Waals surface area contributed by atoms with Crippen LogP contribution in [0.15, 0.2) is 71.8 Å². The van der Waals surface area contributed by atoms with E-state index in [1.165, 1.54) is 48.7 Å². The molecule has 18 heteroatoms. The van der Waals surface area contributed by atoms with Crippen LogP contribution in [0.1, 0.15) is 126 Å². The number of carbonyl (C=O) groups is 1. The van der Waals surface area contributed by atoms with Crippen molar-refractivity contribution in [2.24, 2.45) is 11.3 Å². The van der Waals surface area contributed by atoms with E-state index < -0.39 is 42.9 Å². The predicted octanol–water partition coefficient (Wildman–Crippen LogP) is 9.78. The van der Waals surface area contributed by atoms with Crippen LogP contribution in [0.3, 0.4) is 0 Å². The highest BCUT2D eigenvalue weighted by Crippen LogP contribution is 2.50. The number of benzene rings is 3. The molecule has 3 aliphatic heterocycles. The van der Waals surface area contributed by atoms with E-state index >= 15 is 4.39 Å². The Morgan fingerprint density at radius 3 is 2.46 bits per heavy atom. The number of carbonyl (C=O) groups excluding carboxylic acids is 1. The Morgan fingerprint density at radius 1 is 1.00 bits per heavy atom. The number of fused-ring (bicyclic) bond motifs is 2. The van der Waals surface area contributed by atoms with E-state index in [0.717, 1.165) is 56.8 Å². The molecule has 10 rings (SSSR count). The minimum Gasteiger partial charge on any atom is -0.489 e. The van der Waals surface area contributed by atoms with Crippen LogP contribution in [-0.2, 0) is 10.0 Å². The number of nitro benzene ring substituents is 1. The first-order chi connectivity index (χ1) is 33.9. The van der Waals surface area contributed by atoms with Crippen molar-refractivity contribution in [3.8, 4) is 23.1 Å². The lowest BCUT2D eigenvalue weighted by molar-refractivity contribution is -0.384. The van der Waals surface area contributed by atoms with Gasteiger partial charge in [-0.2, -0.15) is 4.98 Å². The van der Waals surface area contributed by atoms with Crippen LogP contribution < -0.4 is 29.1 Å². The number of sulfonamides is 1. The van der Waals surface area contributed by atoms with Gasteiger partial charge in [-0.25, -0.2) is 17.5 Å². The quantitative estimate of drug-likeness (QED) is 0.0642. The van der Waals surface area contributed by atoms with Crippen LogP contribution >= 0.6 is 0 Å². The first-order valence-electron chi connectivity index (χ1n) is 25.1. The molecule has 4 fully saturated rings. The molecule has 2 saturated carbocycles. The molecule has 1 spiro atoms. The van der Waals surface area contributed by atoms with Gasteiger partial charge >= 0.3 is 0 Å². The zero-order valence-corrected chi connectivity index (χ0v) is 41.8. The number of rotatable bonds is 13. The largest absolute Gasteiger partial charge is 0.489 e. The van der Waals surface area contributed by atoms with Gasteiger partial charge in [0.15, 0.2) is 17.2 Å². The molecule has 0 bridgehead atoms. The van der Waals surface area contributed by atoms with Crippen molar-refractivity contribution >= 4 is 44.0 Å². The standard InChI is InChI=1S/C53H64FN7O9S/c1-31(2)36-9-6-7-10-37(36)38-11-8-12-43(38)60-29-53(30-60)19-21-59(22-20-53)34-13-14-39(45(23-34)70-47-26-40-41(54)27-55-49(40)57-51(47)69-32(3)4)50(62)58-71(66,67)35-24-44(61(64)65)48-46(25-35)68-28-42(56-48)33-15-17-52(5,63)18-16-33/h6-7,9-10,13-14,23-27,31-33,38,42-43,56,63H,8,11-12,15-22,28-30H2,1-5H3,(H,55,57)(H,58,62)/t33?,38-,42+,43-,52?/m0/s1. The lowest BCUT2D eigenvalue weighted by atomic mass is 9.70. The molecule has 16 nitrogen and oxygen atoms in total. The Kier molecular flexibility index (Phi) is 12.9. The van der Waals surface area contributed by atoms with Gasteiger partial charge < -0.3 is 34.5 Å². The number of nitrogens with one attached hydrogen (secondary N) is 3. The average Bonchev–Trinajstić information content (AvgIpc) is 3.96. The Balaban J connectivity index is 0.897. The number of ether oxygens (including phenoxy) is 3. The van der Waals surface area contributed by atoms with Crippen LogP contribution in [0.2, 0.25) is 0 Å². The lowest BCUT2D eigenvalue weighted by Gasteiger charge is -2.57. The number of anilines is 2. The second kappa shape index (κ2) is 18.9. The molecule has 2 aliphatic carbocycles. The molecular formula is C53H64FN7O9S. The number of halogens is 1. The van der Waals surface area contributed by atoms with E-state index in [2.05, 4.69) is 67.9 Å². The fraction of sp³-hybridized carbons (Fsp3) is 0.509. The maximum atomic E-state index is 15.0. The smallest absolute Gasteiger partial charge is 0.297 e. The van der Waals surface area contributed by atoms with Gasteiger partial charge in [0.1, 0.15) is 23.8 Å². The van der Waals surface area contributed by atoms with Crippen LogP contribution in [0, 0.1) is 27.3 Å². The van der Waals surface area contributed by atoms with Crippen molar-refractivity contribution in [2.75, 3.05) is 43.0 Å². The molecule has 0 unspecified atom stereocenters. The van der Waals surface area contributed by atoms with Crippen LogP contribution in [0.4, 0.5) is 21.5 Å². The van der Waals surface area contributed by atoms with Crippen molar-refractivity contribution in [1.82, 2.24) is 19.6 Å². The van der Waals surface area contributed by atoms with E-state index in [4.69, 9.17) is 14.2 Å². The molecule has 378 valence electrons. The highest BCUT2D eigenvalue weighted by Gasteiger charge is 2.49. The zero-order chi connectivity index (χ0) is 50.0.